The van der Waals surface area contributed by atoms with Gasteiger partial charge in [0.05, 0.1) is 5.69 Å². The van der Waals surface area contributed by atoms with Gasteiger partial charge in [-0.05, 0) is 36.6 Å². The lowest BCUT2D eigenvalue weighted by Crippen LogP contribution is -2.10. The Labute approximate surface area is 168 Å². The third-order valence-electron chi connectivity index (χ3n) is 4.22. The highest BCUT2D eigenvalue weighted by Crippen LogP contribution is 2.30. The molecule has 1 aromatic heterocycles. The fourth-order valence-electron chi connectivity index (χ4n) is 2.84. The second kappa shape index (κ2) is 8.89. The number of benzene rings is 2. The van der Waals surface area contributed by atoms with E-state index in [4.69, 9.17) is 9.47 Å². The number of aromatic carboxylic acids is 1. The van der Waals surface area contributed by atoms with Crippen molar-refractivity contribution in [2.75, 3.05) is 13.2 Å². The minimum atomic E-state index is -0.951. The molecule has 5 nitrogen and oxygen atoms in total. The first-order valence-electron chi connectivity index (χ1n) is 9.11. The summed E-state index contributed by atoms with van der Waals surface area (Å²) < 4.78 is 11.7. The van der Waals surface area contributed by atoms with E-state index in [0.717, 1.165) is 11.3 Å². The molecule has 0 amide bonds. The maximum atomic E-state index is 11.2. The van der Waals surface area contributed by atoms with Crippen LogP contribution in [0, 0.1) is 6.92 Å². The molecule has 3 aromatic rings. The Morgan fingerprint density at radius 1 is 1.11 bits per heavy atom. The van der Waals surface area contributed by atoms with Crippen molar-refractivity contribution in [3.63, 3.8) is 0 Å². The second-order valence-electron chi connectivity index (χ2n) is 6.66. The number of carboxylic acid groups (broad SMARTS) is 1. The van der Waals surface area contributed by atoms with Crippen LogP contribution in [-0.4, -0.2) is 29.3 Å². The molecule has 0 bridgehead atoms. The summed E-state index contributed by atoms with van der Waals surface area (Å²) in [5.74, 6) is 1.02. The Bertz CT molecular complexity index is 965. The zero-order valence-corrected chi connectivity index (χ0v) is 17.0. The Balaban J connectivity index is 1.61. The van der Waals surface area contributed by atoms with Gasteiger partial charge in [0.1, 0.15) is 34.6 Å². The molecule has 28 heavy (non-hydrogen) atoms. The minimum absolute atomic E-state index is 0.263. The molecule has 1 heterocycles. The monoisotopic (exact) mass is 397 g/mol. The largest absolute Gasteiger partial charge is 0.490 e. The molecule has 1 N–H and O–H groups in total. The van der Waals surface area contributed by atoms with Gasteiger partial charge in [0, 0.05) is 5.56 Å². The molecule has 0 saturated carbocycles. The fraction of sp³-hybridized carbons (Fsp3) is 0.273. The van der Waals surface area contributed by atoms with Gasteiger partial charge in [-0.15, -0.1) is 11.3 Å². The molecular formula is C22H23NO4S. The van der Waals surface area contributed by atoms with Gasteiger partial charge < -0.3 is 14.6 Å². The molecule has 0 fully saturated rings. The van der Waals surface area contributed by atoms with Gasteiger partial charge in [-0.3, -0.25) is 0 Å². The lowest BCUT2D eigenvalue weighted by atomic mass is 10.0. The first-order chi connectivity index (χ1) is 13.5. The summed E-state index contributed by atoms with van der Waals surface area (Å²) in [5.41, 5.74) is 2.54. The van der Waals surface area contributed by atoms with Crippen LogP contribution in [0.2, 0.25) is 0 Å². The van der Waals surface area contributed by atoms with Crippen molar-refractivity contribution in [3.8, 4) is 22.1 Å². The van der Waals surface area contributed by atoms with E-state index in [9.17, 15) is 9.90 Å². The zero-order valence-electron chi connectivity index (χ0n) is 16.1. The van der Waals surface area contributed by atoms with Crippen molar-refractivity contribution < 1.29 is 19.4 Å². The second-order valence-corrected chi connectivity index (χ2v) is 7.66. The topological polar surface area (TPSA) is 68.7 Å². The predicted molar refractivity (Wildman–Crippen MR) is 111 cm³/mol. The normalized spacial score (nSPS) is 10.9. The van der Waals surface area contributed by atoms with Gasteiger partial charge in [0.15, 0.2) is 0 Å². The van der Waals surface area contributed by atoms with E-state index in [2.05, 4.69) is 24.9 Å². The molecule has 6 heteroatoms. The van der Waals surface area contributed by atoms with E-state index in [0.29, 0.717) is 35.6 Å². The van der Waals surface area contributed by atoms with Crippen molar-refractivity contribution >= 4 is 17.3 Å². The summed E-state index contributed by atoms with van der Waals surface area (Å²) in [6.07, 6.45) is 0. The molecule has 0 radical (unpaired) electrons. The highest BCUT2D eigenvalue weighted by Gasteiger charge is 2.15. The highest BCUT2D eigenvalue weighted by molar-refractivity contribution is 7.17. The number of ether oxygens (including phenoxy) is 2. The number of aromatic nitrogens is 1. The lowest BCUT2D eigenvalue weighted by Gasteiger charge is -2.14. The van der Waals surface area contributed by atoms with Crippen molar-refractivity contribution in [3.05, 3.63) is 64.7 Å². The fourth-order valence-corrected chi connectivity index (χ4v) is 3.74. The van der Waals surface area contributed by atoms with Crippen LogP contribution in [0.4, 0.5) is 0 Å². The van der Waals surface area contributed by atoms with Crippen LogP contribution in [0.1, 0.15) is 40.7 Å². The van der Waals surface area contributed by atoms with Crippen LogP contribution in [0.5, 0.6) is 11.5 Å². The number of carboxylic acids is 1. The van der Waals surface area contributed by atoms with Crippen LogP contribution in [0.25, 0.3) is 10.6 Å². The molecule has 0 atom stereocenters. The molecule has 0 aliphatic heterocycles. The minimum Gasteiger partial charge on any atom is -0.490 e. The third-order valence-corrected chi connectivity index (χ3v) is 5.42. The van der Waals surface area contributed by atoms with Crippen LogP contribution >= 0.6 is 11.3 Å². The summed E-state index contributed by atoms with van der Waals surface area (Å²) >= 11 is 1.17. The van der Waals surface area contributed by atoms with Gasteiger partial charge in [0.2, 0.25) is 0 Å². The van der Waals surface area contributed by atoms with Crippen molar-refractivity contribution in [2.45, 2.75) is 26.7 Å². The predicted octanol–water partition coefficient (Wildman–Crippen LogP) is 5.40. The third kappa shape index (κ3) is 4.70. The standard InChI is InChI=1S/C22H23NO4S/c1-14(2)18-9-4-5-10-19(18)27-12-11-26-17-8-6-7-16(13-17)21-23-15(3)20(28-21)22(24)25/h4-10,13-14H,11-12H2,1-3H3,(H,24,25). The van der Waals surface area contributed by atoms with Crippen LogP contribution in [0.3, 0.4) is 0 Å². The molecule has 0 saturated heterocycles. The summed E-state index contributed by atoms with van der Waals surface area (Å²) in [5, 5.41) is 9.87. The molecule has 2 aromatic carbocycles. The SMILES string of the molecule is Cc1nc(-c2cccc(OCCOc3ccccc3C(C)C)c2)sc1C(=O)O. The molecular weight excluding hydrogens is 374 g/mol. The Kier molecular flexibility index (Phi) is 6.31. The van der Waals surface area contributed by atoms with Gasteiger partial charge in [-0.2, -0.15) is 0 Å². The van der Waals surface area contributed by atoms with E-state index in [1.807, 2.05) is 42.5 Å². The average Bonchev–Trinajstić information content (AvgIpc) is 3.08. The summed E-state index contributed by atoms with van der Waals surface area (Å²) in [4.78, 5) is 15.8. The van der Waals surface area contributed by atoms with E-state index in [1.165, 1.54) is 16.9 Å². The maximum Gasteiger partial charge on any atom is 0.347 e. The zero-order chi connectivity index (χ0) is 20.1. The molecule has 0 aliphatic carbocycles. The average molecular weight is 397 g/mol. The number of para-hydroxylation sites is 1. The van der Waals surface area contributed by atoms with E-state index >= 15 is 0 Å². The Morgan fingerprint density at radius 2 is 1.86 bits per heavy atom. The van der Waals surface area contributed by atoms with Gasteiger partial charge in [-0.1, -0.05) is 44.2 Å². The van der Waals surface area contributed by atoms with Gasteiger partial charge in [-0.25, -0.2) is 9.78 Å². The van der Waals surface area contributed by atoms with E-state index < -0.39 is 5.97 Å². The van der Waals surface area contributed by atoms with Gasteiger partial charge >= 0.3 is 5.97 Å². The number of thiazole rings is 1. The van der Waals surface area contributed by atoms with E-state index in [-0.39, 0.29) is 4.88 Å². The molecule has 0 aliphatic rings. The molecule has 3 rings (SSSR count). The molecule has 0 unspecified atom stereocenters. The maximum absolute atomic E-state index is 11.2. The highest BCUT2D eigenvalue weighted by atomic mass is 32.1. The molecule has 0 spiro atoms. The van der Waals surface area contributed by atoms with Crippen LogP contribution < -0.4 is 9.47 Å². The number of carbonyl (C=O) groups is 1. The number of rotatable bonds is 8. The Morgan fingerprint density at radius 3 is 2.57 bits per heavy atom. The van der Waals surface area contributed by atoms with Crippen molar-refractivity contribution in [1.29, 1.82) is 0 Å². The smallest absolute Gasteiger partial charge is 0.347 e. The lowest BCUT2D eigenvalue weighted by molar-refractivity contribution is 0.0701. The van der Waals surface area contributed by atoms with E-state index in [1.54, 1.807) is 6.92 Å². The molecule has 146 valence electrons. The first-order valence-corrected chi connectivity index (χ1v) is 9.93. The van der Waals surface area contributed by atoms with Crippen LogP contribution in [0.15, 0.2) is 48.5 Å². The van der Waals surface area contributed by atoms with Gasteiger partial charge in [0.25, 0.3) is 0 Å². The number of nitrogens with zero attached hydrogens (tertiary/aromatic N) is 1. The quantitative estimate of drug-likeness (QED) is 0.516. The van der Waals surface area contributed by atoms with Crippen molar-refractivity contribution in [2.24, 2.45) is 0 Å². The summed E-state index contributed by atoms with van der Waals surface area (Å²) in [6, 6.07) is 15.5. The summed E-state index contributed by atoms with van der Waals surface area (Å²) in [7, 11) is 0. The number of hydrogen-bond acceptors (Lipinski definition) is 5. The van der Waals surface area contributed by atoms with Crippen molar-refractivity contribution in [1.82, 2.24) is 4.98 Å². The summed E-state index contributed by atoms with van der Waals surface area (Å²) in [6.45, 7) is 6.83. The Hall–Kier alpha value is -2.86. The number of hydrogen-bond donors (Lipinski definition) is 1. The first kappa shape index (κ1) is 19.9. The number of aryl methyl sites for hydroxylation is 1. The van der Waals surface area contributed by atoms with Crippen LogP contribution in [-0.2, 0) is 0 Å².